The summed E-state index contributed by atoms with van der Waals surface area (Å²) in [5.41, 5.74) is 2.28. The number of nitrogens with one attached hydrogen (secondary N) is 1. The van der Waals surface area contributed by atoms with Gasteiger partial charge in [-0.2, -0.15) is 5.26 Å². The number of benzene rings is 1. The Balaban J connectivity index is 1.53. The van der Waals surface area contributed by atoms with Gasteiger partial charge in [-0.3, -0.25) is 14.2 Å². The van der Waals surface area contributed by atoms with Gasteiger partial charge in [0.1, 0.15) is 11.1 Å². The zero-order chi connectivity index (χ0) is 22.7. The standard InChI is InChI=1S/C24H26N4O2S2/c1-3-4-11-28-23(30)17-7-5-6-8-19(17)26-24(28)31-14-21(29)27-22-18(13-25)16-10-9-15(2)12-20(16)32-22/h5-8,15H,3-4,9-12,14H2,1-2H3,(H,27,29). The number of para-hydroxylation sites is 1. The lowest BCUT2D eigenvalue weighted by atomic mass is 9.89. The minimum absolute atomic E-state index is 0.0706. The first-order valence-corrected chi connectivity index (χ1v) is 12.8. The Bertz CT molecular complexity index is 1260. The molecule has 1 atom stereocenters. The second-order valence-electron chi connectivity index (χ2n) is 8.23. The van der Waals surface area contributed by atoms with Crippen molar-refractivity contribution >= 4 is 44.9 Å². The van der Waals surface area contributed by atoms with E-state index in [1.54, 1.807) is 10.6 Å². The predicted molar refractivity (Wildman–Crippen MR) is 130 cm³/mol. The van der Waals surface area contributed by atoms with Crippen LogP contribution in [0.1, 0.15) is 49.1 Å². The number of anilines is 1. The second kappa shape index (κ2) is 9.88. The first-order valence-electron chi connectivity index (χ1n) is 11.0. The van der Waals surface area contributed by atoms with E-state index >= 15 is 0 Å². The van der Waals surface area contributed by atoms with E-state index in [2.05, 4.69) is 30.2 Å². The molecule has 0 radical (unpaired) electrons. The molecule has 1 aliphatic carbocycles. The first-order chi connectivity index (χ1) is 15.5. The fourth-order valence-corrected chi connectivity index (χ4v) is 6.22. The predicted octanol–water partition coefficient (Wildman–Crippen LogP) is 4.99. The van der Waals surface area contributed by atoms with Crippen molar-refractivity contribution in [3.8, 4) is 6.07 Å². The molecular formula is C24H26N4O2S2. The number of nitrogens with zero attached hydrogens (tertiary/aromatic N) is 3. The zero-order valence-corrected chi connectivity index (χ0v) is 19.9. The molecule has 2 aromatic heterocycles. The number of unbranched alkanes of at least 4 members (excludes halogenated alkanes) is 1. The average Bonchev–Trinajstić information content (AvgIpc) is 3.13. The Labute approximate surface area is 195 Å². The molecule has 1 amide bonds. The van der Waals surface area contributed by atoms with Gasteiger partial charge in [-0.1, -0.05) is 44.2 Å². The quantitative estimate of drug-likeness (QED) is 0.392. The van der Waals surface area contributed by atoms with Crippen molar-refractivity contribution in [2.24, 2.45) is 5.92 Å². The normalized spacial score (nSPS) is 15.3. The Morgan fingerprint density at radius 3 is 3.00 bits per heavy atom. The molecular weight excluding hydrogens is 440 g/mol. The fraction of sp³-hybridized carbons (Fsp3) is 0.417. The summed E-state index contributed by atoms with van der Waals surface area (Å²) in [5.74, 6) is 0.536. The van der Waals surface area contributed by atoms with Crippen LogP contribution in [0.3, 0.4) is 0 Å². The SMILES string of the molecule is CCCCn1c(SCC(=O)Nc2sc3c(c2C#N)CCC(C)C3)nc2ccccc2c1=O. The lowest BCUT2D eigenvalue weighted by molar-refractivity contribution is -0.113. The molecule has 32 heavy (non-hydrogen) atoms. The van der Waals surface area contributed by atoms with Crippen LogP contribution in [0.4, 0.5) is 5.00 Å². The first kappa shape index (κ1) is 22.6. The summed E-state index contributed by atoms with van der Waals surface area (Å²) in [6, 6.07) is 9.59. The third-order valence-electron chi connectivity index (χ3n) is 5.77. The van der Waals surface area contributed by atoms with Crippen molar-refractivity contribution in [1.82, 2.24) is 9.55 Å². The minimum Gasteiger partial charge on any atom is -0.316 e. The van der Waals surface area contributed by atoms with Crippen molar-refractivity contribution in [2.45, 2.75) is 57.7 Å². The molecule has 1 aliphatic rings. The van der Waals surface area contributed by atoms with Crippen LogP contribution in [0.15, 0.2) is 34.2 Å². The number of aromatic nitrogens is 2. The molecule has 0 bridgehead atoms. The molecule has 3 aromatic rings. The topological polar surface area (TPSA) is 87.8 Å². The van der Waals surface area contributed by atoms with Crippen LogP contribution >= 0.6 is 23.1 Å². The summed E-state index contributed by atoms with van der Waals surface area (Å²) >= 11 is 2.79. The third kappa shape index (κ3) is 4.59. The average molecular weight is 467 g/mol. The van der Waals surface area contributed by atoms with E-state index in [-0.39, 0.29) is 17.2 Å². The highest BCUT2D eigenvalue weighted by Gasteiger charge is 2.24. The van der Waals surface area contributed by atoms with E-state index < -0.39 is 0 Å². The van der Waals surface area contributed by atoms with Crippen molar-refractivity contribution in [3.05, 3.63) is 50.6 Å². The van der Waals surface area contributed by atoms with Gasteiger partial charge < -0.3 is 5.32 Å². The highest BCUT2D eigenvalue weighted by Crippen LogP contribution is 2.39. The number of thiophene rings is 1. The second-order valence-corrected chi connectivity index (χ2v) is 10.3. The number of thioether (sulfide) groups is 1. The van der Waals surface area contributed by atoms with Gasteiger partial charge in [0.25, 0.3) is 5.56 Å². The Hall–Kier alpha value is -2.63. The Morgan fingerprint density at radius 2 is 2.22 bits per heavy atom. The summed E-state index contributed by atoms with van der Waals surface area (Å²) in [4.78, 5) is 31.6. The van der Waals surface area contributed by atoms with Gasteiger partial charge in [0, 0.05) is 11.4 Å². The van der Waals surface area contributed by atoms with Gasteiger partial charge in [0.15, 0.2) is 5.16 Å². The van der Waals surface area contributed by atoms with Gasteiger partial charge >= 0.3 is 0 Å². The van der Waals surface area contributed by atoms with E-state index in [9.17, 15) is 14.9 Å². The molecule has 6 nitrogen and oxygen atoms in total. The van der Waals surface area contributed by atoms with E-state index in [0.717, 1.165) is 37.7 Å². The van der Waals surface area contributed by atoms with Crippen LogP contribution in [0.5, 0.6) is 0 Å². The largest absolute Gasteiger partial charge is 0.316 e. The van der Waals surface area contributed by atoms with Crippen LogP contribution in [-0.4, -0.2) is 21.2 Å². The van der Waals surface area contributed by atoms with Crippen molar-refractivity contribution < 1.29 is 4.79 Å². The van der Waals surface area contributed by atoms with Crippen LogP contribution < -0.4 is 10.9 Å². The molecule has 166 valence electrons. The van der Waals surface area contributed by atoms with E-state index in [4.69, 9.17) is 0 Å². The molecule has 4 rings (SSSR count). The minimum atomic E-state index is -0.192. The van der Waals surface area contributed by atoms with Crippen molar-refractivity contribution in [2.75, 3.05) is 11.1 Å². The highest BCUT2D eigenvalue weighted by atomic mass is 32.2. The molecule has 0 aliphatic heterocycles. The molecule has 8 heteroatoms. The third-order valence-corrected chi connectivity index (χ3v) is 7.92. The summed E-state index contributed by atoms with van der Waals surface area (Å²) in [6.45, 7) is 4.87. The fourth-order valence-electron chi connectivity index (χ4n) is 4.02. The molecule has 0 spiro atoms. The molecule has 1 N–H and O–H groups in total. The number of rotatable bonds is 7. The lowest BCUT2D eigenvalue weighted by Gasteiger charge is -2.17. The number of hydrogen-bond acceptors (Lipinski definition) is 6. The van der Waals surface area contributed by atoms with E-state index in [1.165, 1.54) is 28.0 Å². The van der Waals surface area contributed by atoms with Crippen molar-refractivity contribution in [3.63, 3.8) is 0 Å². The summed E-state index contributed by atoms with van der Waals surface area (Å²) in [5, 5.41) is 14.4. The van der Waals surface area contributed by atoms with E-state index in [1.807, 2.05) is 18.2 Å². The van der Waals surface area contributed by atoms with Crippen LogP contribution in [0, 0.1) is 17.2 Å². The highest BCUT2D eigenvalue weighted by molar-refractivity contribution is 7.99. The maximum atomic E-state index is 13.0. The molecule has 0 saturated carbocycles. The number of fused-ring (bicyclic) bond motifs is 2. The summed E-state index contributed by atoms with van der Waals surface area (Å²) in [6.07, 6.45) is 4.76. The smallest absolute Gasteiger partial charge is 0.262 e. The number of hydrogen-bond donors (Lipinski definition) is 1. The van der Waals surface area contributed by atoms with Crippen molar-refractivity contribution in [1.29, 1.82) is 5.26 Å². The van der Waals surface area contributed by atoms with Gasteiger partial charge in [-0.15, -0.1) is 11.3 Å². The van der Waals surface area contributed by atoms with Gasteiger partial charge in [0.2, 0.25) is 5.91 Å². The lowest BCUT2D eigenvalue weighted by Crippen LogP contribution is -2.24. The number of nitriles is 1. The Kier molecular flexibility index (Phi) is 6.97. The van der Waals surface area contributed by atoms with Gasteiger partial charge in [-0.25, -0.2) is 4.98 Å². The molecule has 1 unspecified atom stereocenters. The molecule has 2 heterocycles. The maximum Gasteiger partial charge on any atom is 0.262 e. The zero-order valence-electron chi connectivity index (χ0n) is 18.3. The number of carbonyl (C=O) groups is 1. The molecule has 0 fully saturated rings. The van der Waals surface area contributed by atoms with Gasteiger partial charge in [0.05, 0.1) is 22.2 Å². The summed E-state index contributed by atoms with van der Waals surface area (Å²) in [7, 11) is 0. The van der Waals surface area contributed by atoms with Gasteiger partial charge in [-0.05, 0) is 49.3 Å². The van der Waals surface area contributed by atoms with Crippen LogP contribution in [0.25, 0.3) is 10.9 Å². The Morgan fingerprint density at radius 1 is 1.41 bits per heavy atom. The molecule has 0 saturated heterocycles. The maximum absolute atomic E-state index is 13.0. The number of amides is 1. The molecule has 1 aromatic carbocycles. The summed E-state index contributed by atoms with van der Waals surface area (Å²) < 4.78 is 1.68. The van der Waals surface area contributed by atoms with E-state index in [0.29, 0.717) is 39.1 Å². The van der Waals surface area contributed by atoms with Crippen LogP contribution in [0.2, 0.25) is 0 Å². The van der Waals surface area contributed by atoms with Crippen LogP contribution in [-0.2, 0) is 24.2 Å². The number of carbonyl (C=O) groups excluding carboxylic acids is 1. The monoisotopic (exact) mass is 466 g/mol.